The SMILES string of the molecule is CC(C)(C)c1ccc(S(=O)(=O)Nc2nc3ccc(Br)cc3s2)cc1. The predicted octanol–water partition coefficient (Wildman–Crippen LogP) is 5.16. The van der Waals surface area contributed by atoms with Crippen LogP contribution in [0, 0.1) is 0 Å². The second-order valence-corrected chi connectivity index (χ2v) is 10.1. The molecule has 0 saturated carbocycles. The van der Waals surface area contributed by atoms with E-state index in [9.17, 15) is 8.42 Å². The number of anilines is 1. The van der Waals surface area contributed by atoms with E-state index in [-0.39, 0.29) is 10.3 Å². The first kappa shape index (κ1) is 17.4. The molecule has 0 spiro atoms. The lowest BCUT2D eigenvalue weighted by Gasteiger charge is -2.19. The molecule has 7 heteroatoms. The molecule has 0 atom stereocenters. The van der Waals surface area contributed by atoms with Crippen molar-refractivity contribution in [3.63, 3.8) is 0 Å². The van der Waals surface area contributed by atoms with E-state index in [0.29, 0.717) is 5.13 Å². The molecule has 1 heterocycles. The molecule has 4 nitrogen and oxygen atoms in total. The van der Waals surface area contributed by atoms with Gasteiger partial charge in [-0.05, 0) is 41.3 Å². The number of halogens is 1. The molecule has 0 fully saturated rings. The van der Waals surface area contributed by atoms with E-state index in [4.69, 9.17) is 0 Å². The average Bonchev–Trinajstić information content (AvgIpc) is 2.87. The third kappa shape index (κ3) is 3.63. The highest BCUT2D eigenvalue weighted by Gasteiger charge is 2.19. The molecule has 2 aromatic carbocycles. The summed E-state index contributed by atoms with van der Waals surface area (Å²) >= 11 is 4.71. The Hall–Kier alpha value is -1.44. The largest absolute Gasteiger partial charge is 0.263 e. The summed E-state index contributed by atoms with van der Waals surface area (Å²) in [6, 6.07) is 12.6. The molecule has 0 amide bonds. The van der Waals surface area contributed by atoms with Gasteiger partial charge in [-0.2, -0.15) is 0 Å². The van der Waals surface area contributed by atoms with Crippen LogP contribution in [0.4, 0.5) is 5.13 Å². The van der Waals surface area contributed by atoms with E-state index in [1.54, 1.807) is 12.1 Å². The van der Waals surface area contributed by atoms with Gasteiger partial charge in [0.05, 0.1) is 15.1 Å². The van der Waals surface area contributed by atoms with Crippen molar-refractivity contribution in [1.29, 1.82) is 0 Å². The number of thiazole rings is 1. The van der Waals surface area contributed by atoms with E-state index in [1.165, 1.54) is 11.3 Å². The van der Waals surface area contributed by atoms with Crippen LogP contribution >= 0.6 is 27.3 Å². The summed E-state index contributed by atoms with van der Waals surface area (Å²) in [6.07, 6.45) is 0. The van der Waals surface area contributed by atoms with E-state index < -0.39 is 10.0 Å². The quantitative estimate of drug-likeness (QED) is 0.631. The molecule has 24 heavy (non-hydrogen) atoms. The maximum Gasteiger partial charge on any atom is 0.263 e. The molecule has 3 aromatic rings. The number of aromatic nitrogens is 1. The van der Waals surface area contributed by atoms with Crippen molar-refractivity contribution >= 4 is 52.6 Å². The van der Waals surface area contributed by atoms with Gasteiger partial charge in [-0.1, -0.05) is 60.2 Å². The number of rotatable bonds is 3. The smallest absolute Gasteiger partial charge is 0.255 e. The van der Waals surface area contributed by atoms with Crippen molar-refractivity contribution in [2.24, 2.45) is 0 Å². The van der Waals surface area contributed by atoms with Crippen LogP contribution < -0.4 is 4.72 Å². The van der Waals surface area contributed by atoms with Gasteiger partial charge < -0.3 is 0 Å². The first-order valence-corrected chi connectivity index (χ1v) is 10.4. The fourth-order valence-corrected chi connectivity index (χ4v) is 4.90. The van der Waals surface area contributed by atoms with Gasteiger partial charge in [-0.3, -0.25) is 4.72 Å². The number of hydrogen-bond donors (Lipinski definition) is 1. The molecule has 0 saturated heterocycles. The third-order valence-electron chi connectivity index (χ3n) is 3.60. The summed E-state index contributed by atoms with van der Waals surface area (Å²) < 4.78 is 29.5. The fraction of sp³-hybridized carbons (Fsp3) is 0.235. The van der Waals surface area contributed by atoms with Crippen molar-refractivity contribution < 1.29 is 8.42 Å². The van der Waals surface area contributed by atoms with Gasteiger partial charge in [0.25, 0.3) is 10.0 Å². The van der Waals surface area contributed by atoms with Crippen molar-refractivity contribution in [3.8, 4) is 0 Å². The molecule has 3 rings (SSSR count). The van der Waals surface area contributed by atoms with Crippen molar-refractivity contribution in [3.05, 3.63) is 52.5 Å². The molecular weight excluding hydrogens is 408 g/mol. The number of nitrogens with zero attached hydrogens (tertiary/aromatic N) is 1. The Bertz CT molecular complexity index is 988. The van der Waals surface area contributed by atoms with Crippen LogP contribution in [0.5, 0.6) is 0 Å². The number of benzene rings is 2. The van der Waals surface area contributed by atoms with Crippen LogP contribution in [0.1, 0.15) is 26.3 Å². The zero-order valence-electron chi connectivity index (χ0n) is 13.5. The Kier molecular flexibility index (Phi) is 4.44. The molecular formula is C17H17BrN2O2S2. The number of hydrogen-bond acceptors (Lipinski definition) is 4. The Balaban J connectivity index is 1.89. The molecule has 0 radical (unpaired) electrons. The summed E-state index contributed by atoms with van der Waals surface area (Å²) in [7, 11) is -3.65. The van der Waals surface area contributed by atoms with E-state index >= 15 is 0 Å². The van der Waals surface area contributed by atoms with Crippen LogP contribution in [0.25, 0.3) is 10.2 Å². The third-order valence-corrected chi connectivity index (χ3v) is 6.51. The first-order chi connectivity index (χ1) is 11.1. The maximum atomic E-state index is 12.6. The predicted molar refractivity (Wildman–Crippen MR) is 103 cm³/mol. The van der Waals surface area contributed by atoms with E-state index in [1.807, 2.05) is 30.3 Å². The summed E-state index contributed by atoms with van der Waals surface area (Å²) in [4.78, 5) is 4.56. The minimum Gasteiger partial charge on any atom is -0.255 e. The monoisotopic (exact) mass is 424 g/mol. The molecule has 0 aliphatic heterocycles. The standard InChI is InChI=1S/C17H17BrN2O2S2/c1-17(2,3)11-4-7-13(8-5-11)24(21,22)20-16-19-14-9-6-12(18)10-15(14)23-16/h4-10H,1-3H3,(H,19,20). The summed E-state index contributed by atoms with van der Waals surface area (Å²) in [5, 5.41) is 0.364. The Labute approximate surface area is 154 Å². The van der Waals surface area contributed by atoms with E-state index in [2.05, 4.69) is 46.4 Å². The normalized spacial score (nSPS) is 12.5. The van der Waals surface area contributed by atoms with Crippen LogP contribution in [-0.2, 0) is 15.4 Å². The molecule has 0 bridgehead atoms. The molecule has 0 unspecified atom stereocenters. The van der Waals surface area contributed by atoms with Gasteiger partial charge in [-0.25, -0.2) is 13.4 Å². The lowest BCUT2D eigenvalue weighted by atomic mass is 9.87. The summed E-state index contributed by atoms with van der Waals surface area (Å²) in [5.41, 5.74) is 1.84. The lowest BCUT2D eigenvalue weighted by molar-refractivity contribution is 0.587. The van der Waals surface area contributed by atoms with Crippen LogP contribution in [-0.4, -0.2) is 13.4 Å². The van der Waals surface area contributed by atoms with Crippen LogP contribution in [0.3, 0.4) is 0 Å². The van der Waals surface area contributed by atoms with Gasteiger partial charge in [0.15, 0.2) is 5.13 Å². The zero-order valence-corrected chi connectivity index (χ0v) is 16.7. The van der Waals surface area contributed by atoms with Gasteiger partial charge >= 0.3 is 0 Å². The van der Waals surface area contributed by atoms with Crippen molar-refractivity contribution in [2.45, 2.75) is 31.1 Å². The summed E-state index contributed by atoms with van der Waals surface area (Å²) in [6.45, 7) is 6.27. The molecule has 1 aromatic heterocycles. The molecule has 0 aliphatic rings. The average molecular weight is 425 g/mol. The minimum atomic E-state index is -3.65. The van der Waals surface area contributed by atoms with E-state index in [0.717, 1.165) is 20.3 Å². The summed E-state index contributed by atoms with van der Waals surface area (Å²) in [5.74, 6) is 0. The Morgan fingerprint density at radius 1 is 1.08 bits per heavy atom. The minimum absolute atomic E-state index is 0.0177. The Morgan fingerprint density at radius 2 is 1.75 bits per heavy atom. The maximum absolute atomic E-state index is 12.6. The van der Waals surface area contributed by atoms with Gasteiger partial charge in [0.1, 0.15) is 0 Å². The lowest BCUT2D eigenvalue weighted by Crippen LogP contribution is -2.14. The number of sulfonamides is 1. The highest BCUT2D eigenvalue weighted by atomic mass is 79.9. The van der Waals surface area contributed by atoms with Crippen LogP contribution in [0.15, 0.2) is 51.8 Å². The van der Waals surface area contributed by atoms with Gasteiger partial charge in [0.2, 0.25) is 0 Å². The zero-order chi connectivity index (χ0) is 17.5. The fourth-order valence-electron chi connectivity index (χ4n) is 2.25. The van der Waals surface area contributed by atoms with Crippen molar-refractivity contribution in [2.75, 3.05) is 4.72 Å². The highest BCUT2D eigenvalue weighted by molar-refractivity contribution is 9.10. The first-order valence-electron chi connectivity index (χ1n) is 7.35. The van der Waals surface area contributed by atoms with Gasteiger partial charge in [0, 0.05) is 4.47 Å². The van der Waals surface area contributed by atoms with Crippen molar-refractivity contribution in [1.82, 2.24) is 4.98 Å². The highest BCUT2D eigenvalue weighted by Crippen LogP contribution is 2.30. The van der Waals surface area contributed by atoms with Crippen LogP contribution in [0.2, 0.25) is 0 Å². The molecule has 1 N–H and O–H groups in total. The number of nitrogens with one attached hydrogen (secondary N) is 1. The molecule has 0 aliphatic carbocycles. The number of fused-ring (bicyclic) bond motifs is 1. The second kappa shape index (κ2) is 6.13. The topological polar surface area (TPSA) is 59.1 Å². The molecule has 126 valence electrons. The Morgan fingerprint density at radius 3 is 2.38 bits per heavy atom. The second-order valence-electron chi connectivity index (χ2n) is 6.51. The van der Waals surface area contributed by atoms with Gasteiger partial charge in [-0.15, -0.1) is 0 Å².